The lowest BCUT2D eigenvalue weighted by Gasteiger charge is -2.10. The van der Waals surface area contributed by atoms with Crippen LogP contribution in [0.25, 0.3) is 16.9 Å². The van der Waals surface area contributed by atoms with E-state index in [1.165, 1.54) is 0 Å². The number of nitrogens with zero attached hydrogens (tertiary/aromatic N) is 2. The van der Waals surface area contributed by atoms with Crippen LogP contribution in [0.4, 0.5) is 5.69 Å². The molecule has 0 aliphatic rings. The molecule has 0 aliphatic carbocycles. The van der Waals surface area contributed by atoms with Crippen molar-refractivity contribution >= 4 is 17.2 Å². The molecule has 128 valence electrons. The zero-order chi connectivity index (χ0) is 17.9. The first-order valence-corrected chi connectivity index (χ1v) is 8.23. The first kappa shape index (κ1) is 15.9. The van der Waals surface area contributed by atoms with Crippen LogP contribution >= 0.6 is 0 Å². The molecule has 0 aliphatic heterocycles. The highest BCUT2D eigenvalue weighted by Gasteiger charge is 2.13. The Bertz CT molecular complexity index is 1050. The van der Waals surface area contributed by atoms with Gasteiger partial charge in [-0.2, -0.15) is 0 Å². The van der Waals surface area contributed by atoms with Gasteiger partial charge in [-0.3, -0.25) is 4.79 Å². The third-order valence-electron chi connectivity index (χ3n) is 4.15. The Morgan fingerprint density at radius 1 is 1.04 bits per heavy atom. The number of hydrogen-bond donors (Lipinski definition) is 1. The summed E-state index contributed by atoms with van der Waals surface area (Å²) in [6.45, 7) is 0. The number of anilines is 1. The molecule has 0 fully saturated rings. The third-order valence-corrected chi connectivity index (χ3v) is 4.15. The molecule has 0 atom stereocenters. The van der Waals surface area contributed by atoms with Crippen LogP contribution in [0.2, 0.25) is 0 Å². The van der Waals surface area contributed by atoms with Gasteiger partial charge in [-0.15, -0.1) is 0 Å². The van der Waals surface area contributed by atoms with E-state index >= 15 is 0 Å². The van der Waals surface area contributed by atoms with E-state index in [4.69, 9.17) is 4.74 Å². The molecule has 0 spiro atoms. The number of hydrogen-bond acceptors (Lipinski definition) is 3. The second kappa shape index (κ2) is 6.72. The Balaban J connectivity index is 1.68. The average Bonchev–Trinajstić information content (AvgIpc) is 3.12. The van der Waals surface area contributed by atoms with E-state index in [1.807, 2.05) is 59.3 Å². The molecule has 0 saturated carbocycles. The number of imidazole rings is 1. The summed E-state index contributed by atoms with van der Waals surface area (Å²) < 4.78 is 7.14. The summed E-state index contributed by atoms with van der Waals surface area (Å²) in [5.41, 5.74) is 3.78. The van der Waals surface area contributed by atoms with Gasteiger partial charge in [0.2, 0.25) is 0 Å². The van der Waals surface area contributed by atoms with Crippen LogP contribution < -0.4 is 10.1 Å². The molecule has 1 amide bonds. The molecule has 2 aromatic heterocycles. The van der Waals surface area contributed by atoms with Gasteiger partial charge in [0.25, 0.3) is 5.91 Å². The summed E-state index contributed by atoms with van der Waals surface area (Å²) >= 11 is 0. The number of carbonyl (C=O) groups is 1. The highest BCUT2D eigenvalue weighted by Crippen LogP contribution is 2.28. The predicted molar refractivity (Wildman–Crippen MR) is 102 cm³/mol. The Morgan fingerprint density at radius 2 is 1.88 bits per heavy atom. The average molecular weight is 343 g/mol. The lowest BCUT2D eigenvalue weighted by molar-refractivity contribution is 0.102. The highest BCUT2D eigenvalue weighted by atomic mass is 16.5. The van der Waals surface area contributed by atoms with Crippen molar-refractivity contribution in [3.63, 3.8) is 0 Å². The topological polar surface area (TPSA) is 55.6 Å². The van der Waals surface area contributed by atoms with Gasteiger partial charge in [-0.05, 0) is 36.4 Å². The molecule has 4 rings (SSSR count). The number of methoxy groups -OCH3 is 1. The number of para-hydroxylation sites is 1. The van der Waals surface area contributed by atoms with Gasteiger partial charge in [0.1, 0.15) is 11.4 Å². The number of ether oxygens (including phenoxy) is 1. The second-order valence-corrected chi connectivity index (χ2v) is 5.82. The number of nitrogens with one attached hydrogen (secondary N) is 1. The van der Waals surface area contributed by atoms with E-state index in [2.05, 4.69) is 10.3 Å². The van der Waals surface area contributed by atoms with Crippen LogP contribution in [0.5, 0.6) is 5.75 Å². The normalized spacial score (nSPS) is 10.7. The molecule has 2 heterocycles. The monoisotopic (exact) mass is 343 g/mol. The van der Waals surface area contributed by atoms with E-state index in [-0.39, 0.29) is 5.91 Å². The fourth-order valence-corrected chi connectivity index (χ4v) is 2.84. The van der Waals surface area contributed by atoms with Gasteiger partial charge in [-0.1, -0.05) is 30.3 Å². The zero-order valence-corrected chi connectivity index (χ0v) is 14.2. The summed E-state index contributed by atoms with van der Waals surface area (Å²) in [7, 11) is 1.58. The van der Waals surface area contributed by atoms with Gasteiger partial charge >= 0.3 is 0 Å². The van der Waals surface area contributed by atoms with Gasteiger partial charge in [-0.25, -0.2) is 4.98 Å². The molecule has 0 bridgehead atoms. The molecule has 5 nitrogen and oxygen atoms in total. The van der Waals surface area contributed by atoms with Crippen molar-refractivity contribution in [2.24, 2.45) is 0 Å². The Morgan fingerprint density at radius 3 is 2.73 bits per heavy atom. The lowest BCUT2D eigenvalue weighted by Crippen LogP contribution is -2.12. The fourth-order valence-electron chi connectivity index (χ4n) is 2.84. The minimum Gasteiger partial charge on any atom is -0.497 e. The second-order valence-electron chi connectivity index (χ2n) is 5.82. The van der Waals surface area contributed by atoms with Crippen molar-refractivity contribution in [3.05, 3.63) is 84.7 Å². The maximum atomic E-state index is 12.6. The van der Waals surface area contributed by atoms with Crippen molar-refractivity contribution in [1.82, 2.24) is 9.38 Å². The van der Waals surface area contributed by atoms with E-state index < -0.39 is 0 Å². The fraction of sp³-hybridized carbons (Fsp3) is 0.0476. The lowest BCUT2D eigenvalue weighted by atomic mass is 10.1. The summed E-state index contributed by atoms with van der Waals surface area (Å²) in [5.74, 6) is 0.450. The maximum Gasteiger partial charge on any atom is 0.255 e. The third kappa shape index (κ3) is 3.02. The molecule has 2 aromatic carbocycles. The standard InChI is InChI=1S/C21H17N3O2/c1-26-16-8-6-7-15(13-16)21(25)23-18-10-3-2-9-17(18)19-14-24-12-5-4-11-20(24)22-19/h2-14H,1H3,(H,23,25). The van der Waals surface area contributed by atoms with Crippen molar-refractivity contribution in [2.75, 3.05) is 12.4 Å². The van der Waals surface area contributed by atoms with Crippen LogP contribution in [0.3, 0.4) is 0 Å². The number of carbonyl (C=O) groups excluding carboxylic acids is 1. The zero-order valence-electron chi connectivity index (χ0n) is 14.2. The van der Waals surface area contributed by atoms with E-state index in [0.29, 0.717) is 17.0 Å². The number of benzene rings is 2. The number of aromatic nitrogens is 2. The summed E-state index contributed by atoms with van der Waals surface area (Å²) in [4.78, 5) is 17.3. The van der Waals surface area contributed by atoms with Crippen molar-refractivity contribution < 1.29 is 9.53 Å². The number of fused-ring (bicyclic) bond motifs is 1. The Labute approximate surface area is 150 Å². The molecule has 1 N–H and O–H groups in total. The number of amides is 1. The summed E-state index contributed by atoms with van der Waals surface area (Å²) in [5, 5.41) is 2.98. The van der Waals surface area contributed by atoms with Gasteiger partial charge in [0, 0.05) is 23.5 Å². The minimum absolute atomic E-state index is 0.194. The molecular formula is C21H17N3O2. The largest absolute Gasteiger partial charge is 0.497 e. The smallest absolute Gasteiger partial charge is 0.255 e. The predicted octanol–water partition coefficient (Wildman–Crippen LogP) is 4.26. The quantitative estimate of drug-likeness (QED) is 0.602. The Hall–Kier alpha value is -3.60. The molecule has 0 radical (unpaired) electrons. The van der Waals surface area contributed by atoms with E-state index in [9.17, 15) is 4.79 Å². The summed E-state index contributed by atoms with van der Waals surface area (Å²) in [6.07, 6.45) is 3.90. The number of pyridine rings is 1. The van der Waals surface area contributed by atoms with Crippen molar-refractivity contribution in [3.8, 4) is 17.0 Å². The highest BCUT2D eigenvalue weighted by molar-refractivity contribution is 6.06. The van der Waals surface area contributed by atoms with Crippen LogP contribution in [0.15, 0.2) is 79.1 Å². The van der Waals surface area contributed by atoms with Crippen LogP contribution in [0, 0.1) is 0 Å². The number of rotatable bonds is 4. The molecular weight excluding hydrogens is 326 g/mol. The molecule has 0 saturated heterocycles. The molecule has 26 heavy (non-hydrogen) atoms. The Kier molecular flexibility index (Phi) is 4.11. The van der Waals surface area contributed by atoms with E-state index in [1.54, 1.807) is 31.4 Å². The SMILES string of the molecule is COc1cccc(C(=O)Nc2ccccc2-c2cn3ccccc3n2)c1. The molecule has 0 unspecified atom stereocenters. The van der Waals surface area contributed by atoms with E-state index in [0.717, 1.165) is 16.9 Å². The summed E-state index contributed by atoms with van der Waals surface area (Å²) in [6, 6.07) is 20.6. The first-order valence-electron chi connectivity index (χ1n) is 8.23. The van der Waals surface area contributed by atoms with Crippen LogP contribution in [-0.4, -0.2) is 22.4 Å². The van der Waals surface area contributed by atoms with Gasteiger partial charge < -0.3 is 14.5 Å². The van der Waals surface area contributed by atoms with Crippen LogP contribution in [0.1, 0.15) is 10.4 Å². The van der Waals surface area contributed by atoms with Crippen molar-refractivity contribution in [2.45, 2.75) is 0 Å². The van der Waals surface area contributed by atoms with Crippen molar-refractivity contribution in [1.29, 1.82) is 0 Å². The molecule has 4 aromatic rings. The van der Waals surface area contributed by atoms with Gasteiger partial charge in [0.15, 0.2) is 0 Å². The maximum absolute atomic E-state index is 12.6. The molecule has 5 heteroatoms. The van der Waals surface area contributed by atoms with Crippen LogP contribution in [-0.2, 0) is 0 Å². The first-order chi connectivity index (χ1) is 12.7. The minimum atomic E-state index is -0.194. The van der Waals surface area contributed by atoms with Gasteiger partial charge in [0.05, 0.1) is 18.5 Å².